The van der Waals surface area contributed by atoms with Gasteiger partial charge in [-0.2, -0.15) is 0 Å². The zero-order valence-corrected chi connectivity index (χ0v) is 10.6. The van der Waals surface area contributed by atoms with E-state index in [9.17, 15) is 9.59 Å². The fourth-order valence-corrected chi connectivity index (χ4v) is 5.06. The Morgan fingerprint density at radius 1 is 1.07 bits per heavy atom. The Kier molecular flexibility index (Phi) is 2.95. The lowest BCUT2D eigenvalue weighted by molar-refractivity contribution is 0.111. The molecule has 2 nitrogen and oxygen atoms in total. The van der Waals surface area contributed by atoms with E-state index in [4.69, 9.17) is 0 Å². The second-order valence-electron chi connectivity index (χ2n) is 2.98. The number of hydrogen-bond acceptors (Lipinski definition) is 5. The number of thiophene rings is 2. The highest BCUT2D eigenvalue weighted by molar-refractivity contribution is 7.99. The molecule has 78 valence electrons. The van der Waals surface area contributed by atoms with E-state index in [0.717, 1.165) is 42.2 Å². The Labute approximate surface area is 99.3 Å². The first-order valence-electron chi connectivity index (χ1n) is 4.23. The van der Waals surface area contributed by atoms with E-state index < -0.39 is 0 Å². The normalized spacial score (nSPS) is 10.8. The lowest BCUT2D eigenvalue weighted by Crippen LogP contribution is -1.75. The van der Waals surface area contributed by atoms with E-state index in [1.54, 1.807) is 11.8 Å². The van der Waals surface area contributed by atoms with Gasteiger partial charge < -0.3 is 0 Å². The first kappa shape index (κ1) is 10.9. The Balaban J connectivity index is 2.82. The van der Waals surface area contributed by atoms with Crippen LogP contribution in [0.25, 0.3) is 9.40 Å². The van der Waals surface area contributed by atoms with Crippen molar-refractivity contribution in [3.05, 3.63) is 15.3 Å². The molecular weight excluding hydrogens is 248 g/mol. The van der Waals surface area contributed by atoms with Crippen LogP contribution < -0.4 is 0 Å². The Hall–Kier alpha value is -0.650. The summed E-state index contributed by atoms with van der Waals surface area (Å²) < 4.78 is 2.16. The first-order chi connectivity index (χ1) is 7.22. The van der Waals surface area contributed by atoms with Crippen molar-refractivity contribution in [1.82, 2.24) is 0 Å². The molecule has 0 fully saturated rings. The van der Waals surface area contributed by atoms with E-state index in [1.165, 1.54) is 22.7 Å². The molecule has 0 bridgehead atoms. The van der Waals surface area contributed by atoms with Gasteiger partial charge in [-0.05, 0) is 18.7 Å². The zero-order chi connectivity index (χ0) is 11.0. The van der Waals surface area contributed by atoms with Gasteiger partial charge in [0.15, 0.2) is 12.6 Å². The highest BCUT2D eigenvalue weighted by Crippen LogP contribution is 2.43. The van der Waals surface area contributed by atoms with Crippen LogP contribution in [-0.4, -0.2) is 18.8 Å². The molecule has 2 heterocycles. The Bertz CT molecular complexity index is 536. The summed E-state index contributed by atoms with van der Waals surface area (Å²) >= 11 is 4.51. The molecule has 5 heteroatoms. The van der Waals surface area contributed by atoms with E-state index in [2.05, 4.69) is 0 Å². The van der Waals surface area contributed by atoms with Crippen molar-refractivity contribution in [2.45, 2.75) is 11.8 Å². The Morgan fingerprint density at radius 3 is 2.20 bits per heavy atom. The van der Waals surface area contributed by atoms with Gasteiger partial charge in [0.1, 0.15) is 0 Å². The molecule has 0 saturated heterocycles. The third kappa shape index (κ3) is 1.55. The second-order valence-corrected chi connectivity index (χ2v) is 5.91. The molecular formula is C10H8O2S3. The van der Waals surface area contributed by atoms with Crippen LogP contribution in [0.5, 0.6) is 0 Å². The summed E-state index contributed by atoms with van der Waals surface area (Å²) in [6.45, 7) is 1.93. The minimum Gasteiger partial charge on any atom is -0.297 e. The molecule has 0 aliphatic carbocycles. The van der Waals surface area contributed by atoms with Gasteiger partial charge in [-0.1, -0.05) is 0 Å². The molecule has 0 aliphatic rings. The quantitative estimate of drug-likeness (QED) is 0.621. The molecule has 0 spiro atoms. The predicted octanol–water partition coefficient (Wildman–Crippen LogP) is 3.62. The minimum atomic E-state index is 0.768. The van der Waals surface area contributed by atoms with E-state index >= 15 is 0 Å². The van der Waals surface area contributed by atoms with Crippen LogP contribution in [0.4, 0.5) is 0 Å². The summed E-state index contributed by atoms with van der Waals surface area (Å²) in [5.41, 5.74) is 0.999. The maximum atomic E-state index is 10.9. The molecule has 0 saturated carbocycles. The van der Waals surface area contributed by atoms with E-state index in [1.807, 2.05) is 13.2 Å². The molecule has 2 aromatic rings. The third-order valence-corrected chi connectivity index (χ3v) is 5.88. The van der Waals surface area contributed by atoms with Gasteiger partial charge in [0.25, 0.3) is 0 Å². The van der Waals surface area contributed by atoms with Gasteiger partial charge in [0.2, 0.25) is 0 Å². The summed E-state index contributed by atoms with van der Waals surface area (Å²) in [5, 5.41) is 0. The van der Waals surface area contributed by atoms with Crippen LogP contribution in [0.1, 0.15) is 24.9 Å². The highest BCUT2D eigenvalue weighted by Gasteiger charge is 2.17. The van der Waals surface area contributed by atoms with Gasteiger partial charge in [0.05, 0.1) is 19.2 Å². The van der Waals surface area contributed by atoms with Crippen molar-refractivity contribution in [2.75, 3.05) is 6.26 Å². The molecule has 0 unspecified atom stereocenters. The summed E-state index contributed by atoms with van der Waals surface area (Å²) in [7, 11) is 0. The summed E-state index contributed by atoms with van der Waals surface area (Å²) in [4.78, 5) is 24.2. The van der Waals surface area contributed by atoms with E-state index in [-0.39, 0.29) is 0 Å². The van der Waals surface area contributed by atoms with Crippen molar-refractivity contribution in [1.29, 1.82) is 0 Å². The number of aryl methyl sites for hydroxylation is 1. The van der Waals surface area contributed by atoms with Crippen molar-refractivity contribution in [3.63, 3.8) is 0 Å². The van der Waals surface area contributed by atoms with Crippen molar-refractivity contribution in [3.8, 4) is 0 Å². The van der Waals surface area contributed by atoms with Gasteiger partial charge in [-0.15, -0.1) is 34.4 Å². The third-order valence-electron chi connectivity index (χ3n) is 2.19. The van der Waals surface area contributed by atoms with Crippen molar-refractivity contribution in [2.24, 2.45) is 0 Å². The number of hydrogen-bond donors (Lipinski definition) is 0. The zero-order valence-electron chi connectivity index (χ0n) is 8.20. The first-order valence-corrected chi connectivity index (χ1v) is 7.09. The molecule has 0 amide bonds. The van der Waals surface area contributed by atoms with Crippen LogP contribution in [0.15, 0.2) is 4.90 Å². The van der Waals surface area contributed by atoms with E-state index in [0.29, 0.717) is 0 Å². The molecule has 0 atom stereocenters. The smallest absolute Gasteiger partial charge is 0.161 e. The minimum absolute atomic E-state index is 0.768. The molecule has 2 rings (SSSR count). The number of rotatable bonds is 3. The summed E-state index contributed by atoms with van der Waals surface area (Å²) in [6, 6.07) is 0. The summed E-state index contributed by atoms with van der Waals surface area (Å²) in [6.07, 6.45) is 3.73. The second kappa shape index (κ2) is 4.08. The number of thioether (sulfide) groups is 1. The standard InChI is InChI=1S/C10H8O2S3/c1-5-6(3-11)14-10-8(5)15-7(4-12)9(10)13-2/h3-4H,1-2H3. The molecule has 0 N–H and O–H groups in total. The van der Waals surface area contributed by atoms with Crippen molar-refractivity contribution >= 4 is 56.4 Å². The molecule has 0 radical (unpaired) electrons. The number of carbonyl (C=O) groups excluding carboxylic acids is 2. The Morgan fingerprint density at radius 2 is 1.67 bits per heavy atom. The van der Waals surface area contributed by atoms with Crippen LogP contribution >= 0.6 is 34.4 Å². The average Bonchev–Trinajstić information content (AvgIpc) is 2.75. The monoisotopic (exact) mass is 256 g/mol. The average molecular weight is 256 g/mol. The lowest BCUT2D eigenvalue weighted by Gasteiger charge is -1.90. The number of carbonyl (C=O) groups is 2. The fraction of sp³-hybridized carbons (Fsp3) is 0.200. The number of fused-ring (bicyclic) bond motifs is 1. The maximum Gasteiger partial charge on any atom is 0.161 e. The SMILES string of the molecule is CSc1c(C=O)sc2c(C)c(C=O)sc12. The van der Waals surface area contributed by atoms with Crippen LogP contribution in [0.2, 0.25) is 0 Å². The number of aldehydes is 2. The predicted molar refractivity (Wildman–Crippen MR) is 67.0 cm³/mol. The summed E-state index contributed by atoms with van der Waals surface area (Å²) in [5.74, 6) is 0. The van der Waals surface area contributed by atoms with Crippen molar-refractivity contribution < 1.29 is 9.59 Å². The van der Waals surface area contributed by atoms with Gasteiger partial charge >= 0.3 is 0 Å². The molecule has 0 aliphatic heterocycles. The van der Waals surface area contributed by atoms with Gasteiger partial charge in [0, 0.05) is 4.90 Å². The van der Waals surface area contributed by atoms with Crippen LogP contribution in [-0.2, 0) is 0 Å². The molecule has 15 heavy (non-hydrogen) atoms. The topological polar surface area (TPSA) is 34.1 Å². The molecule has 0 aromatic carbocycles. The fourth-order valence-electron chi connectivity index (χ4n) is 1.44. The lowest BCUT2D eigenvalue weighted by atomic mass is 10.3. The molecule has 2 aromatic heterocycles. The van der Waals surface area contributed by atoms with Gasteiger partial charge in [-0.25, -0.2) is 0 Å². The maximum absolute atomic E-state index is 10.9. The van der Waals surface area contributed by atoms with Crippen LogP contribution in [0, 0.1) is 6.92 Å². The van der Waals surface area contributed by atoms with Crippen LogP contribution in [0.3, 0.4) is 0 Å². The van der Waals surface area contributed by atoms with Gasteiger partial charge in [-0.3, -0.25) is 9.59 Å². The largest absolute Gasteiger partial charge is 0.297 e. The highest BCUT2D eigenvalue weighted by atomic mass is 32.2.